The molecule has 0 aliphatic carbocycles. The molecule has 2 nitrogen and oxygen atoms in total. The molecule has 0 fully saturated rings. The van der Waals surface area contributed by atoms with Crippen LogP contribution in [0.2, 0.25) is 0 Å². The third-order valence-corrected chi connectivity index (χ3v) is 3.07. The maximum absolute atomic E-state index is 11.3. The summed E-state index contributed by atoms with van der Waals surface area (Å²) in [6.07, 6.45) is 8.84. The molecule has 0 unspecified atom stereocenters. The Morgan fingerprint density at radius 3 is 2.53 bits per heavy atom. The second-order valence-electron chi connectivity index (χ2n) is 4.82. The van der Waals surface area contributed by atoms with E-state index >= 15 is 0 Å². The van der Waals surface area contributed by atoms with E-state index in [2.05, 4.69) is 25.7 Å². The summed E-state index contributed by atoms with van der Waals surface area (Å²) in [4.78, 5) is 11.3. The van der Waals surface area contributed by atoms with Crippen LogP contribution in [0.1, 0.15) is 70.1 Å². The van der Waals surface area contributed by atoms with E-state index in [0.29, 0.717) is 5.76 Å². The van der Waals surface area contributed by atoms with E-state index in [0.717, 1.165) is 31.2 Å². The first-order valence-corrected chi connectivity index (χ1v) is 7.39. The number of aryl methyl sites for hydroxylation is 1. The fourth-order valence-corrected chi connectivity index (χ4v) is 1.92. The molecule has 1 heterocycles. The van der Waals surface area contributed by atoms with Crippen molar-refractivity contribution in [3.8, 4) is 11.8 Å². The first-order chi connectivity index (χ1) is 9.27. The van der Waals surface area contributed by atoms with Gasteiger partial charge in [-0.05, 0) is 31.2 Å². The van der Waals surface area contributed by atoms with Gasteiger partial charge in [-0.2, -0.15) is 0 Å². The summed E-state index contributed by atoms with van der Waals surface area (Å²) in [7, 11) is 0. The maximum atomic E-state index is 11.3. The highest BCUT2D eigenvalue weighted by Crippen LogP contribution is 2.10. The SMILES string of the molecule is CCCCCC#Cc1oc(=O)ccc1CCCCC. The summed E-state index contributed by atoms with van der Waals surface area (Å²) >= 11 is 0. The molecule has 2 heteroatoms. The van der Waals surface area contributed by atoms with Gasteiger partial charge in [-0.3, -0.25) is 0 Å². The Balaban J connectivity index is 2.67. The summed E-state index contributed by atoms with van der Waals surface area (Å²) < 4.78 is 5.22. The van der Waals surface area contributed by atoms with E-state index in [4.69, 9.17) is 4.42 Å². The Morgan fingerprint density at radius 2 is 1.79 bits per heavy atom. The molecule has 0 amide bonds. The first-order valence-electron chi connectivity index (χ1n) is 7.39. The number of hydrogen-bond donors (Lipinski definition) is 0. The predicted molar refractivity (Wildman–Crippen MR) is 79.2 cm³/mol. The Labute approximate surface area is 116 Å². The van der Waals surface area contributed by atoms with Crippen LogP contribution in [0.15, 0.2) is 21.3 Å². The molecular formula is C17H24O2. The van der Waals surface area contributed by atoms with Crippen molar-refractivity contribution in [3.05, 3.63) is 33.9 Å². The summed E-state index contributed by atoms with van der Waals surface area (Å²) in [5, 5.41) is 0. The van der Waals surface area contributed by atoms with Gasteiger partial charge in [0.05, 0.1) is 0 Å². The van der Waals surface area contributed by atoms with Crippen LogP contribution in [0.25, 0.3) is 0 Å². The molecule has 104 valence electrons. The van der Waals surface area contributed by atoms with Gasteiger partial charge in [0.1, 0.15) is 0 Å². The minimum atomic E-state index is -0.308. The van der Waals surface area contributed by atoms with E-state index in [1.807, 2.05) is 6.07 Å². The standard InChI is InChI=1S/C17H24O2/c1-3-5-7-8-10-12-16-15(11-9-6-4-2)13-14-17(18)19-16/h13-14H,3-9,11H2,1-2H3. The highest BCUT2D eigenvalue weighted by atomic mass is 16.4. The highest BCUT2D eigenvalue weighted by Gasteiger charge is 2.03. The smallest absolute Gasteiger partial charge is 0.336 e. The van der Waals surface area contributed by atoms with Gasteiger partial charge in [0, 0.05) is 18.1 Å². The van der Waals surface area contributed by atoms with Crippen molar-refractivity contribution in [3.63, 3.8) is 0 Å². The van der Waals surface area contributed by atoms with Crippen LogP contribution in [0.3, 0.4) is 0 Å². The minimum Gasteiger partial charge on any atom is -0.414 e. The van der Waals surface area contributed by atoms with Gasteiger partial charge in [-0.25, -0.2) is 4.79 Å². The fourth-order valence-electron chi connectivity index (χ4n) is 1.92. The molecule has 0 saturated heterocycles. The monoisotopic (exact) mass is 260 g/mol. The molecule has 1 rings (SSSR count). The quantitative estimate of drug-likeness (QED) is 0.540. The average molecular weight is 260 g/mol. The molecule has 0 saturated carbocycles. The largest absolute Gasteiger partial charge is 0.414 e. The van der Waals surface area contributed by atoms with Crippen LogP contribution in [-0.2, 0) is 6.42 Å². The number of hydrogen-bond acceptors (Lipinski definition) is 2. The minimum absolute atomic E-state index is 0.308. The summed E-state index contributed by atoms with van der Waals surface area (Å²) in [6, 6.07) is 3.35. The number of rotatable bonds is 7. The van der Waals surface area contributed by atoms with Crippen LogP contribution >= 0.6 is 0 Å². The third-order valence-electron chi connectivity index (χ3n) is 3.07. The van der Waals surface area contributed by atoms with Crippen LogP contribution in [0, 0.1) is 11.8 Å². The zero-order chi connectivity index (χ0) is 13.9. The van der Waals surface area contributed by atoms with E-state index in [9.17, 15) is 4.79 Å². The van der Waals surface area contributed by atoms with Gasteiger partial charge in [0.25, 0.3) is 0 Å². The van der Waals surface area contributed by atoms with Gasteiger partial charge in [-0.15, -0.1) is 0 Å². The zero-order valence-corrected chi connectivity index (χ0v) is 12.1. The lowest BCUT2D eigenvalue weighted by Gasteiger charge is -2.01. The molecule has 1 aromatic rings. The molecule has 1 aromatic heterocycles. The third kappa shape index (κ3) is 6.29. The van der Waals surface area contributed by atoms with Crippen molar-refractivity contribution >= 4 is 0 Å². The number of unbranched alkanes of at least 4 members (excludes halogenated alkanes) is 5. The summed E-state index contributed by atoms with van der Waals surface area (Å²) in [6.45, 7) is 4.36. The van der Waals surface area contributed by atoms with Crippen LogP contribution in [0.4, 0.5) is 0 Å². The normalized spacial score (nSPS) is 10.0. The second kappa shape index (κ2) is 9.44. The molecule has 0 N–H and O–H groups in total. The maximum Gasteiger partial charge on any atom is 0.336 e. The molecule has 0 spiro atoms. The van der Waals surface area contributed by atoms with Crippen LogP contribution in [0.5, 0.6) is 0 Å². The van der Waals surface area contributed by atoms with Crippen molar-refractivity contribution in [1.29, 1.82) is 0 Å². The van der Waals surface area contributed by atoms with E-state index in [1.54, 1.807) is 0 Å². The van der Waals surface area contributed by atoms with Gasteiger partial charge < -0.3 is 4.42 Å². The molecule has 0 atom stereocenters. The average Bonchev–Trinajstić information content (AvgIpc) is 2.41. The molecule has 0 aromatic carbocycles. The zero-order valence-electron chi connectivity index (χ0n) is 12.1. The van der Waals surface area contributed by atoms with Crippen molar-refractivity contribution in [2.45, 2.75) is 65.2 Å². The lowest BCUT2D eigenvalue weighted by Crippen LogP contribution is -2.01. The molecule has 0 bridgehead atoms. The van der Waals surface area contributed by atoms with Crippen molar-refractivity contribution in [2.24, 2.45) is 0 Å². The molecule has 0 radical (unpaired) electrons. The lowest BCUT2D eigenvalue weighted by atomic mass is 10.1. The highest BCUT2D eigenvalue weighted by molar-refractivity contribution is 5.32. The lowest BCUT2D eigenvalue weighted by molar-refractivity contribution is 0.489. The van der Waals surface area contributed by atoms with Gasteiger partial charge >= 0.3 is 5.63 Å². The second-order valence-corrected chi connectivity index (χ2v) is 4.82. The van der Waals surface area contributed by atoms with Crippen molar-refractivity contribution in [1.82, 2.24) is 0 Å². The topological polar surface area (TPSA) is 30.2 Å². The van der Waals surface area contributed by atoms with Gasteiger partial charge in [0.15, 0.2) is 5.76 Å². The molecule has 0 aliphatic heterocycles. The first kappa shape index (κ1) is 15.6. The van der Waals surface area contributed by atoms with Crippen LogP contribution in [-0.4, -0.2) is 0 Å². The molecular weight excluding hydrogens is 236 g/mol. The molecule has 0 aliphatic rings. The Hall–Kier alpha value is -1.49. The van der Waals surface area contributed by atoms with Crippen molar-refractivity contribution < 1.29 is 4.42 Å². The molecule has 19 heavy (non-hydrogen) atoms. The van der Waals surface area contributed by atoms with E-state index < -0.39 is 0 Å². The Kier molecular flexibility index (Phi) is 7.74. The van der Waals surface area contributed by atoms with Gasteiger partial charge in [-0.1, -0.05) is 45.5 Å². The fraction of sp³-hybridized carbons (Fsp3) is 0.588. The van der Waals surface area contributed by atoms with Crippen molar-refractivity contribution in [2.75, 3.05) is 0 Å². The Bertz CT molecular complexity index is 474. The summed E-state index contributed by atoms with van der Waals surface area (Å²) in [5.41, 5.74) is 0.758. The van der Waals surface area contributed by atoms with E-state index in [-0.39, 0.29) is 5.63 Å². The Morgan fingerprint density at radius 1 is 1.05 bits per heavy atom. The van der Waals surface area contributed by atoms with E-state index in [1.165, 1.54) is 31.7 Å². The predicted octanol–water partition coefficient (Wildman–Crippen LogP) is 4.30. The summed E-state index contributed by atoms with van der Waals surface area (Å²) in [5.74, 6) is 6.70. The van der Waals surface area contributed by atoms with Crippen LogP contribution < -0.4 is 5.63 Å². The van der Waals surface area contributed by atoms with Gasteiger partial charge in [0.2, 0.25) is 0 Å².